The number of hydrogen-bond donors (Lipinski definition) is 4. The molecule has 0 unspecified atom stereocenters. The van der Waals surface area contributed by atoms with E-state index in [1.165, 1.54) is 0 Å². The second-order valence-corrected chi connectivity index (χ2v) is 11.5. The fourth-order valence-corrected chi connectivity index (χ4v) is 4.88. The van der Waals surface area contributed by atoms with E-state index in [-0.39, 0.29) is 18.2 Å². The highest BCUT2D eigenvalue weighted by Gasteiger charge is 2.27. The molecule has 0 aliphatic carbocycles. The van der Waals surface area contributed by atoms with E-state index in [1.54, 1.807) is 11.1 Å². The molecule has 2 aliphatic heterocycles. The highest BCUT2D eigenvalue weighted by Crippen LogP contribution is 2.29. The summed E-state index contributed by atoms with van der Waals surface area (Å²) in [6.45, 7) is 6.63. The number of anilines is 5. The maximum absolute atomic E-state index is 13.0. The molecule has 210 valence electrons. The molecular formula is C29H34ClN7O3. The number of fused-ring (bicyclic) bond motifs is 6. The van der Waals surface area contributed by atoms with Gasteiger partial charge in [-0.2, -0.15) is 4.98 Å². The van der Waals surface area contributed by atoms with Crippen molar-refractivity contribution in [3.8, 4) is 0 Å². The van der Waals surface area contributed by atoms with Crippen molar-refractivity contribution < 1.29 is 14.3 Å². The van der Waals surface area contributed by atoms with E-state index in [4.69, 9.17) is 16.3 Å². The van der Waals surface area contributed by atoms with Crippen molar-refractivity contribution in [3.63, 3.8) is 0 Å². The van der Waals surface area contributed by atoms with E-state index in [0.29, 0.717) is 49.1 Å². The van der Waals surface area contributed by atoms with E-state index in [2.05, 4.69) is 43.4 Å². The van der Waals surface area contributed by atoms with E-state index in [9.17, 15) is 9.59 Å². The highest BCUT2D eigenvalue weighted by molar-refractivity contribution is 6.32. The number of carbonyl (C=O) groups excluding carboxylic acids is 2. The van der Waals surface area contributed by atoms with Gasteiger partial charge in [-0.05, 0) is 87.9 Å². The van der Waals surface area contributed by atoms with Crippen LogP contribution in [-0.2, 0) is 17.6 Å². The van der Waals surface area contributed by atoms with Gasteiger partial charge in [0.1, 0.15) is 10.6 Å². The van der Waals surface area contributed by atoms with Crippen LogP contribution in [0.1, 0.15) is 44.7 Å². The first-order chi connectivity index (χ1) is 19.1. The van der Waals surface area contributed by atoms with Crippen LogP contribution in [0.4, 0.5) is 38.4 Å². The van der Waals surface area contributed by atoms with Gasteiger partial charge in [-0.25, -0.2) is 14.6 Å². The number of benzene rings is 2. The summed E-state index contributed by atoms with van der Waals surface area (Å²) in [5, 5.41) is 13.0. The first-order valence-corrected chi connectivity index (χ1v) is 13.8. The molecule has 0 spiro atoms. The molecule has 11 heteroatoms. The van der Waals surface area contributed by atoms with Crippen LogP contribution in [0.5, 0.6) is 0 Å². The maximum atomic E-state index is 13.0. The number of nitrogens with zero attached hydrogens (tertiary/aromatic N) is 3. The van der Waals surface area contributed by atoms with Gasteiger partial charge in [-0.3, -0.25) is 0 Å². The van der Waals surface area contributed by atoms with E-state index < -0.39 is 5.60 Å². The van der Waals surface area contributed by atoms with Gasteiger partial charge in [0.25, 0.3) is 0 Å². The van der Waals surface area contributed by atoms with Crippen molar-refractivity contribution in [1.29, 1.82) is 0 Å². The van der Waals surface area contributed by atoms with Crippen LogP contribution < -0.4 is 21.3 Å². The second-order valence-electron chi connectivity index (χ2n) is 11.1. The van der Waals surface area contributed by atoms with Gasteiger partial charge >= 0.3 is 12.1 Å². The molecule has 5 rings (SSSR count). The monoisotopic (exact) mass is 563 g/mol. The second kappa shape index (κ2) is 11.6. The number of urea groups is 1. The smallest absolute Gasteiger partial charge is 0.410 e. The Morgan fingerprint density at radius 3 is 2.60 bits per heavy atom. The zero-order valence-corrected chi connectivity index (χ0v) is 23.6. The molecule has 1 aromatic heterocycles. The van der Waals surface area contributed by atoms with Crippen LogP contribution in [0.2, 0.25) is 5.02 Å². The van der Waals surface area contributed by atoms with Crippen LogP contribution in [0, 0.1) is 0 Å². The summed E-state index contributed by atoms with van der Waals surface area (Å²) in [4.78, 5) is 35.9. The predicted octanol–water partition coefficient (Wildman–Crippen LogP) is 6.24. The average Bonchev–Trinajstić information content (AvgIpc) is 2.90. The number of rotatable bonds is 2. The van der Waals surface area contributed by atoms with Gasteiger partial charge in [-0.1, -0.05) is 23.7 Å². The molecule has 0 atom stereocenters. The highest BCUT2D eigenvalue weighted by atomic mass is 35.5. The van der Waals surface area contributed by atoms with Crippen molar-refractivity contribution in [2.45, 2.75) is 58.1 Å². The zero-order chi connectivity index (χ0) is 28.3. The molecule has 10 nitrogen and oxygen atoms in total. The molecule has 6 bridgehead atoms. The number of carbonyl (C=O) groups is 2. The number of ether oxygens (including phenoxy) is 1. The van der Waals surface area contributed by atoms with Gasteiger partial charge in [0.05, 0.1) is 6.20 Å². The molecule has 2 aliphatic rings. The fraction of sp³-hybridized carbons (Fsp3) is 0.379. The van der Waals surface area contributed by atoms with Crippen molar-refractivity contribution >= 4 is 52.6 Å². The third-order valence-corrected chi connectivity index (χ3v) is 6.98. The Morgan fingerprint density at radius 1 is 1.05 bits per heavy atom. The van der Waals surface area contributed by atoms with Crippen molar-refractivity contribution in [2.75, 3.05) is 29.0 Å². The minimum Gasteiger partial charge on any atom is -0.444 e. The van der Waals surface area contributed by atoms with Crippen LogP contribution in [0.25, 0.3) is 0 Å². The predicted molar refractivity (Wildman–Crippen MR) is 157 cm³/mol. The number of likely N-dealkylation sites (tertiary alicyclic amines) is 1. The van der Waals surface area contributed by atoms with Gasteiger partial charge in [0.2, 0.25) is 5.95 Å². The summed E-state index contributed by atoms with van der Waals surface area (Å²) in [6, 6.07) is 13.5. The molecule has 1 saturated heterocycles. The Balaban J connectivity index is 1.28. The molecule has 40 heavy (non-hydrogen) atoms. The van der Waals surface area contributed by atoms with E-state index >= 15 is 0 Å². The Labute approximate surface area is 238 Å². The third kappa shape index (κ3) is 7.12. The van der Waals surface area contributed by atoms with Crippen molar-refractivity contribution in [1.82, 2.24) is 20.2 Å². The molecule has 0 saturated carbocycles. The number of hydrogen-bond acceptors (Lipinski definition) is 7. The van der Waals surface area contributed by atoms with Crippen LogP contribution in [-0.4, -0.2) is 51.7 Å². The summed E-state index contributed by atoms with van der Waals surface area (Å²) in [5.74, 6) is 0.923. The third-order valence-electron chi connectivity index (χ3n) is 6.71. The Kier molecular flexibility index (Phi) is 7.97. The van der Waals surface area contributed by atoms with Crippen LogP contribution >= 0.6 is 11.6 Å². The van der Waals surface area contributed by atoms with E-state index in [1.807, 2.05) is 51.1 Å². The molecule has 4 N–H and O–H groups in total. The Morgan fingerprint density at radius 2 is 1.82 bits per heavy atom. The van der Waals surface area contributed by atoms with Crippen molar-refractivity contribution in [3.05, 3.63) is 64.8 Å². The van der Waals surface area contributed by atoms with Crippen LogP contribution in [0.3, 0.4) is 0 Å². The molecule has 1 fully saturated rings. The Bertz CT molecular complexity index is 1400. The number of aromatic nitrogens is 2. The summed E-state index contributed by atoms with van der Waals surface area (Å²) < 4.78 is 5.47. The molecule has 0 radical (unpaired) electrons. The maximum Gasteiger partial charge on any atom is 0.410 e. The molecular weight excluding hydrogens is 530 g/mol. The largest absolute Gasteiger partial charge is 0.444 e. The van der Waals surface area contributed by atoms with Crippen LogP contribution in [0.15, 0.2) is 48.7 Å². The minimum atomic E-state index is -0.533. The first kappa shape index (κ1) is 27.5. The lowest BCUT2D eigenvalue weighted by Crippen LogP contribution is -2.48. The van der Waals surface area contributed by atoms with Gasteiger partial charge in [-0.15, -0.1) is 0 Å². The number of aryl methyl sites for hydroxylation is 2. The standard InChI is InChI=1S/C29H34ClN7O3/c1-29(2,3)40-28(39)37-13-11-20(12-14-37)34-27(38)35-24-10-9-22-16-19(24)8-7-18-5-4-6-21(15-18)33-26-31-17-23(30)25(32-22)36-26/h4-6,9-10,15-17,20H,7-8,11-14H2,1-3H3,(H2,34,35,38)(H2,31,32,33,36). The SMILES string of the molecule is CC(C)(C)OC(=O)N1CCC(NC(=O)Nc2ccc3cc2CCc2cccc(c2)Nc2ncc(Cl)c(n2)N3)CC1. The van der Waals surface area contributed by atoms with Gasteiger partial charge in [0.15, 0.2) is 5.82 Å². The molecule has 3 aromatic rings. The summed E-state index contributed by atoms with van der Waals surface area (Å²) in [5.41, 5.74) is 3.99. The zero-order valence-electron chi connectivity index (χ0n) is 22.9. The van der Waals surface area contributed by atoms with E-state index in [0.717, 1.165) is 34.6 Å². The number of piperidine rings is 1. The van der Waals surface area contributed by atoms with Gasteiger partial charge in [0, 0.05) is 36.2 Å². The lowest BCUT2D eigenvalue weighted by molar-refractivity contribution is 0.0202. The number of amides is 3. The lowest BCUT2D eigenvalue weighted by atomic mass is 10.0. The fourth-order valence-electron chi connectivity index (χ4n) is 4.74. The van der Waals surface area contributed by atoms with Crippen molar-refractivity contribution in [2.24, 2.45) is 0 Å². The molecule has 3 heterocycles. The summed E-state index contributed by atoms with van der Waals surface area (Å²) in [7, 11) is 0. The quantitative estimate of drug-likeness (QED) is 0.291. The number of halogens is 1. The lowest BCUT2D eigenvalue weighted by Gasteiger charge is -2.33. The normalized spacial score (nSPS) is 15.3. The topological polar surface area (TPSA) is 121 Å². The minimum absolute atomic E-state index is 0.0333. The first-order valence-electron chi connectivity index (χ1n) is 13.5. The molecule has 2 aromatic carbocycles. The Hall–Kier alpha value is -4.05. The summed E-state index contributed by atoms with van der Waals surface area (Å²) >= 11 is 6.37. The van der Waals surface area contributed by atoms with Gasteiger partial charge < -0.3 is 30.9 Å². The average molecular weight is 564 g/mol. The number of nitrogens with one attached hydrogen (secondary N) is 4. The molecule has 3 amide bonds. The summed E-state index contributed by atoms with van der Waals surface area (Å²) in [6.07, 6.45) is 4.05.